The summed E-state index contributed by atoms with van der Waals surface area (Å²) in [6.45, 7) is 8.20. The first-order chi connectivity index (χ1) is 28.2. The van der Waals surface area contributed by atoms with Gasteiger partial charge < -0.3 is 44.7 Å². The van der Waals surface area contributed by atoms with Gasteiger partial charge in [0.15, 0.2) is 11.9 Å². The van der Waals surface area contributed by atoms with Gasteiger partial charge in [-0.3, -0.25) is 9.59 Å². The third-order valence-electron chi connectivity index (χ3n) is 13.8. The zero-order valence-corrected chi connectivity index (χ0v) is 34.8. The van der Waals surface area contributed by atoms with Gasteiger partial charge in [-0.2, -0.15) is 13.2 Å². The summed E-state index contributed by atoms with van der Waals surface area (Å²) < 4.78 is 63.7. The van der Waals surface area contributed by atoms with Crippen molar-refractivity contribution in [1.82, 2.24) is 5.32 Å². The van der Waals surface area contributed by atoms with E-state index in [0.29, 0.717) is 20.3 Å². The molecule has 3 fully saturated rings. The quantitative estimate of drug-likeness (QED) is 0.130. The topological polar surface area (TPSA) is 215 Å². The van der Waals surface area contributed by atoms with Crippen molar-refractivity contribution >= 4 is 29.8 Å². The van der Waals surface area contributed by atoms with Gasteiger partial charge in [0, 0.05) is 24.7 Å². The minimum atomic E-state index is -4.98. The van der Waals surface area contributed by atoms with Crippen LogP contribution in [0.5, 0.6) is 0 Å². The Bertz CT molecular complexity index is 2090. The van der Waals surface area contributed by atoms with Crippen LogP contribution in [-0.2, 0) is 33.3 Å². The molecule has 0 spiro atoms. The molecule has 0 aliphatic heterocycles. The van der Waals surface area contributed by atoms with Gasteiger partial charge in [0.2, 0.25) is 5.60 Å². The van der Waals surface area contributed by atoms with Crippen LogP contribution in [0.15, 0.2) is 71.8 Å². The van der Waals surface area contributed by atoms with Gasteiger partial charge in [-0.05, 0) is 75.8 Å². The Morgan fingerprint density at radius 1 is 0.934 bits per heavy atom. The van der Waals surface area contributed by atoms with E-state index < -0.39 is 118 Å². The summed E-state index contributed by atoms with van der Waals surface area (Å²) in [5.74, 6) is -6.11. The van der Waals surface area contributed by atoms with Crippen molar-refractivity contribution in [3.8, 4) is 0 Å². The summed E-state index contributed by atoms with van der Waals surface area (Å²) in [7, 11) is 0. The normalized spacial score (nSPS) is 32.9. The fourth-order valence-electron chi connectivity index (χ4n) is 10.1. The summed E-state index contributed by atoms with van der Waals surface area (Å²) in [4.78, 5) is 69.0. The van der Waals surface area contributed by atoms with E-state index in [-0.39, 0.29) is 35.1 Å². The maximum atomic E-state index is 15.0. The fourth-order valence-corrected chi connectivity index (χ4v) is 10.1. The number of hydrogen-bond acceptors (Lipinski definition) is 13. The third-order valence-corrected chi connectivity index (χ3v) is 13.8. The number of benzene rings is 2. The van der Waals surface area contributed by atoms with Crippen LogP contribution in [0.25, 0.3) is 0 Å². The number of alkyl halides is 3. The Morgan fingerprint density at radius 3 is 2.07 bits per heavy atom. The second kappa shape index (κ2) is 15.8. The lowest BCUT2D eigenvalue weighted by Gasteiger charge is -2.68. The number of hydrogen-bond donors (Lipinski definition) is 5. The van der Waals surface area contributed by atoms with Crippen LogP contribution in [0.4, 0.5) is 18.0 Å². The Morgan fingerprint density at radius 2 is 1.52 bits per heavy atom. The van der Waals surface area contributed by atoms with Crippen molar-refractivity contribution in [1.29, 1.82) is 0 Å². The van der Waals surface area contributed by atoms with Crippen molar-refractivity contribution in [3.63, 3.8) is 0 Å². The third kappa shape index (κ3) is 7.50. The van der Waals surface area contributed by atoms with Crippen molar-refractivity contribution in [2.45, 2.75) is 134 Å². The number of fused-ring (bicyclic) bond motifs is 5. The summed E-state index contributed by atoms with van der Waals surface area (Å²) in [5.41, 5.74) is -10.6. The molecule has 0 saturated heterocycles. The molecule has 1 unspecified atom stereocenters. The number of halogens is 3. The maximum Gasteiger partial charge on any atom is 0.427 e. The lowest BCUT2D eigenvalue weighted by Crippen LogP contribution is -2.78. The van der Waals surface area contributed by atoms with E-state index >= 15 is 0 Å². The van der Waals surface area contributed by atoms with Crippen LogP contribution in [0.2, 0.25) is 0 Å². The van der Waals surface area contributed by atoms with E-state index in [1.165, 1.54) is 64.1 Å². The lowest BCUT2D eigenvalue weighted by molar-refractivity contribution is -0.296. The average molecular weight is 860 g/mol. The van der Waals surface area contributed by atoms with Crippen molar-refractivity contribution in [3.05, 3.63) is 82.9 Å². The molecule has 61 heavy (non-hydrogen) atoms. The van der Waals surface area contributed by atoms with E-state index in [4.69, 9.17) is 14.2 Å². The van der Waals surface area contributed by atoms with Gasteiger partial charge in [0.25, 0.3) is 0 Å². The van der Waals surface area contributed by atoms with E-state index in [2.05, 4.69) is 10.1 Å². The number of aliphatic hydroxyl groups is 4. The number of esters is 3. The molecule has 0 aromatic heterocycles. The average Bonchev–Trinajstić information content (AvgIpc) is 3.18. The highest BCUT2D eigenvalue weighted by Crippen LogP contribution is 2.67. The molecule has 17 heteroatoms. The van der Waals surface area contributed by atoms with Crippen LogP contribution in [0.3, 0.4) is 0 Å². The van der Waals surface area contributed by atoms with Crippen LogP contribution < -0.4 is 5.32 Å². The largest absolute Gasteiger partial charge is 0.458 e. The zero-order valence-electron chi connectivity index (χ0n) is 34.8. The van der Waals surface area contributed by atoms with Gasteiger partial charge >= 0.3 is 30.2 Å². The molecule has 11 atom stereocenters. The molecular weight excluding hydrogens is 807 g/mol. The van der Waals surface area contributed by atoms with E-state index in [9.17, 15) is 57.6 Å². The molecule has 332 valence electrons. The predicted octanol–water partition coefficient (Wildman–Crippen LogP) is 4.81. The highest BCUT2D eigenvalue weighted by atomic mass is 19.4. The number of amides is 1. The highest BCUT2D eigenvalue weighted by molar-refractivity contribution is 5.94. The van der Waals surface area contributed by atoms with Gasteiger partial charge in [-0.1, -0.05) is 62.4 Å². The second-order valence-electron chi connectivity index (χ2n) is 17.9. The first-order valence-corrected chi connectivity index (χ1v) is 20.0. The lowest BCUT2D eigenvalue weighted by atomic mass is 9.41. The number of Topliss-reactive ketones (excluding diaryl/α,β-unsaturated/α-hetero) is 1. The zero-order chi connectivity index (χ0) is 45.2. The molecule has 0 heterocycles. The fraction of sp³-hybridized carbons (Fsp3) is 0.568. The predicted molar refractivity (Wildman–Crippen MR) is 207 cm³/mol. The molecule has 14 nitrogen and oxygen atoms in total. The van der Waals surface area contributed by atoms with Crippen LogP contribution in [-0.4, -0.2) is 104 Å². The molecule has 6 rings (SSSR count). The summed E-state index contributed by atoms with van der Waals surface area (Å²) in [6.07, 6.45) is -15.9. The molecule has 3 saturated carbocycles. The number of rotatable bonds is 9. The van der Waals surface area contributed by atoms with Gasteiger partial charge in [-0.15, -0.1) is 0 Å². The molecular formula is C44H52F3NO13. The summed E-state index contributed by atoms with van der Waals surface area (Å²) in [6, 6.07) is 13.3. The van der Waals surface area contributed by atoms with Gasteiger partial charge in [0.05, 0.1) is 29.0 Å². The number of ether oxygens (including phenoxy) is 4. The number of carbonyl (C=O) groups excluding carboxylic acids is 5. The highest BCUT2D eigenvalue weighted by Gasteiger charge is 2.77. The first kappa shape index (κ1) is 45.7. The van der Waals surface area contributed by atoms with E-state index in [1.807, 2.05) is 0 Å². The van der Waals surface area contributed by atoms with Crippen LogP contribution in [0.1, 0.15) is 96.1 Å². The Balaban J connectivity index is 1.46. The second-order valence-corrected chi connectivity index (χ2v) is 17.9. The minimum Gasteiger partial charge on any atom is -0.458 e. The van der Waals surface area contributed by atoms with Gasteiger partial charge in [0.1, 0.15) is 29.5 Å². The molecule has 1 amide bonds. The number of ketones is 1. The molecule has 0 radical (unpaired) electrons. The first-order valence-electron chi connectivity index (χ1n) is 20.0. The Kier molecular flexibility index (Phi) is 11.8. The smallest absolute Gasteiger partial charge is 0.427 e. The molecule has 2 bridgehead atoms. The van der Waals surface area contributed by atoms with E-state index in [1.54, 1.807) is 24.3 Å². The summed E-state index contributed by atoms with van der Waals surface area (Å²) in [5, 5.41) is 51.2. The standard InChI is InChI=1S/C44H52F3NO13/c1-22-27(58-37(55)32(52)30(24-14-10-8-11-15-24)48-38(56)61-40(5,6)44(45,46)47)21-43(57)35(59-36(54)25-16-12-9-13-17-25)33-41(7,34(53)31(51)29(22)39(43,3)4)28(50)20-26-18-19-42(26,33)60-23(2)49/h8-17,26-28,30-33,35,50-52,57H,18-21H2,1-7H3,(H,48,56)/t26-,27+,28+,30+,31-,32-,33?,35+,41-,42+,43-/m1/s1. The van der Waals surface area contributed by atoms with Crippen LogP contribution in [0, 0.1) is 22.7 Å². The van der Waals surface area contributed by atoms with E-state index in [0.717, 1.165) is 6.92 Å². The minimum absolute atomic E-state index is 0.0199. The molecule has 4 aliphatic rings. The maximum absolute atomic E-state index is 15.0. The number of nitrogens with one attached hydrogen (secondary N) is 1. The monoisotopic (exact) mass is 859 g/mol. The number of alkyl carbamates (subject to hydrolysis) is 1. The van der Waals surface area contributed by atoms with Crippen molar-refractivity contribution in [2.75, 3.05) is 0 Å². The molecule has 4 aliphatic carbocycles. The molecule has 2 aromatic carbocycles. The molecule has 2 aromatic rings. The SMILES string of the molecule is CC(=O)O[C@@]12CC[C@@H]1C[C@H](O)[C@@]1(C)C(=O)[C@H](O)C3=C(C)[C@@H](OC(=O)[C@H](O)[C@@H](NC(=O)OC(C)(C)C(F)(F)F)c4ccccc4)C[C@@](O)([C@@H](OC(=O)c4ccccc4)C12)C3(C)C. The van der Waals surface area contributed by atoms with Gasteiger partial charge in [-0.25, -0.2) is 14.4 Å². The van der Waals surface area contributed by atoms with Crippen LogP contribution >= 0.6 is 0 Å². The summed E-state index contributed by atoms with van der Waals surface area (Å²) >= 11 is 0. The van der Waals surface area contributed by atoms with Crippen molar-refractivity contribution in [2.24, 2.45) is 22.7 Å². The number of carbonyl (C=O) groups is 5. The Labute approximate surface area is 350 Å². The Hall–Kier alpha value is -4.84. The number of aliphatic hydroxyl groups excluding tert-OH is 3. The van der Waals surface area contributed by atoms with Crippen molar-refractivity contribution < 1.29 is 76.5 Å². The molecule has 5 N–H and O–H groups in total.